The molecule has 0 aromatic carbocycles. The fourth-order valence-electron chi connectivity index (χ4n) is 2.02. The third kappa shape index (κ3) is 4.04. The van der Waals surface area contributed by atoms with Crippen molar-refractivity contribution >= 4 is 23.1 Å². The number of esters is 1. The first-order valence-electron chi connectivity index (χ1n) is 6.90. The predicted octanol–water partition coefficient (Wildman–Crippen LogP) is 3.65. The van der Waals surface area contributed by atoms with Crippen molar-refractivity contribution in [2.75, 3.05) is 11.9 Å². The summed E-state index contributed by atoms with van der Waals surface area (Å²) in [6, 6.07) is 7.71. The highest BCUT2D eigenvalue weighted by atomic mass is 32.1. The number of hydrogen-bond donors (Lipinski definition) is 0. The van der Waals surface area contributed by atoms with Crippen LogP contribution in [0.2, 0.25) is 0 Å². The number of pyridine rings is 1. The summed E-state index contributed by atoms with van der Waals surface area (Å²) in [6.07, 6.45) is 1.55. The molecular weight excluding hydrogens is 284 g/mol. The van der Waals surface area contributed by atoms with Gasteiger partial charge >= 0.3 is 5.97 Å². The summed E-state index contributed by atoms with van der Waals surface area (Å²) >= 11 is 1.75. The Morgan fingerprint density at radius 3 is 2.76 bits per heavy atom. The van der Waals surface area contributed by atoms with Crippen molar-refractivity contribution in [2.45, 2.75) is 33.4 Å². The van der Waals surface area contributed by atoms with E-state index in [1.807, 2.05) is 25.8 Å². The van der Waals surface area contributed by atoms with Crippen molar-refractivity contribution in [2.24, 2.45) is 0 Å². The number of nitrogens with zero attached hydrogens (tertiary/aromatic N) is 2. The van der Waals surface area contributed by atoms with E-state index in [-0.39, 0.29) is 12.1 Å². The van der Waals surface area contributed by atoms with E-state index >= 15 is 0 Å². The number of hydrogen-bond acceptors (Lipinski definition) is 5. The molecule has 0 saturated carbocycles. The Labute approximate surface area is 129 Å². The minimum atomic E-state index is -0.331. The van der Waals surface area contributed by atoms with Gasteiger partial charge in [0.15, 0.2) is 0 Å². The molecule has 0 unspecified atom stereocenters. The van der Waals surface area contributed by atoms with Crippen LogP contribution in [0.4, 0.5) is 5.82 Å². The summed E-state index contributed by atoms with van der Waals surface area (Å²) < 4.78 is 5.28. The van der Waals surface area contributed by atoms with E-state index in [9.17, 15) is 4.79 Å². The van der Waals surface area contributed by atoms with Crippen molar-refractivity contribution in [1.82, 2.24) is 4.98 Å². The molecule has 0 fully saturated rings. The zero-order chi connectivity index (χ0) is 15.4. The van der Waals surface area contributed by atoms with Crippen molar-refractivity contribution in [3.8, 4) is 0 Å². The normalized spacial score (nSPS) is 10.7. The van der Waals surface area contributed by atoms with Crippen LogP contribution >= 0.6 is 11.3 Å². The summed E-state index contributed by atoms with van der Waals surface area (Å²) in [6.45, 7) is 6.48. The van der Waals surface area contributed by atoms with Gasteiger partial charge in [-0.3, -0.25) is 0 Å². The molecule has 2 rings (SSSR count). The smallest absolute Gasteiger partial charge is 0.342 e. The number of aryl methyl sites for hydroxylation is 1. The van der Waals surface area contributed by atoms with Crippen LogP contribution in [0.1, 0.15) is 34.0 Å². The number of ether oxygens (including phenoxy) is 1. The molecule has 0 bridgehead atoms. The number of anilines is 1. The second-order valence-electron chi connectivity index (χ2n) is 5.20. The van der Waals surface area contributed by atoms with E-state index in [4.69, 9.17) is 4.74 Å². The highest BCUT2D eigenvalue weighted by Gasteiger charge is 2.18. The predicted molar refractivity (Wildman–Crippen MR) is 86.0 cm³/mol. The van der Waals surface area contributed by atoms with Gasteiger partial charge in [-0.25, -0.2) is 9.78 Å². The van der Waals surface area contributed by atoms with Crippen molar-refractivity contribution in [3.05, 3.63) is 45.8 Å². The maximum Gasteiger partial charge on any atom is 0.342 e. The van der Waals surface area contributed by atoms with Gasteiger partial charge in [-0.05, 0) is 45.0 Å². The third-order valence-electron chi connectivity index (χ3n) is 2.90. The Balaban J connectivity index is 2.20. The van der Waals surface area contributed by atoms with Gasteiger partial charge in [-0.1, -0.05) is 0 Å². The lowest BCUT2D eigenvalue weighted by atomic mass is 10.2. The molecule has 0 saturated heterocycles. The lowest BCUT2D eigenvalue weighted by molar-refractivity contribution is 0.0378. The first-order chi connectivity index (χ1) is 9.97. The Bertz CT molecular complexity index is 622. The maximum atomic E-state index is 12.2. The van der Waals surface area contributed by atoms with Crippen LogP contribution < -0.4 is 4.90 Å². The Kier molecular flexibility index (Phi) is 4.96. The molecule has 0 aliphatic rings. The lowest BCUT2D eigenvalue weighted by Crippen LogP contribution is -2.22. The zero-order valence-electron chi connectivity index (χ0n) is 12.8. The van der Waals surface area contributed by atoms with Crippen LogP contribution in [0.25, 0.3) is 0 Å². The first kappa shape index (κ1) is 15.5. The van der Waals surface area contributed by atoms with E-state index in [1.165, 1.54) is 9.75 Å². The quantitative estimate of drug-likeness (QED) is 0.791. The van der Waals surface area contributed by atoms with Gasteiger partial charge in [0.2, 0.25) is 0 Å². The van der Waals surface area contributed by atoms with Crippen molar-refractivity contribution < 1.29 is 9.53 Å². The summed E-state index contributed by atoms with van der Waals surface area (Å²) in [5.74, 6) is 0.316. The molecule has 4 nitrogen and oxygen atoms in total. The second kappa shape index (κ2) is 6.72. The molecule has 112 valence electrons. The van der Waals surface area contributed by atoms with E-state index in [0.717, 1.165) is 6.54 Å². The van der Waals surface area contributed by atoms with E-state index < -0.39 is 0 Å². The monoisotopic (exact) mass is 304 g/mol. The van der Waals surface area contributed by atoms with Crippen molar-refractivity contribution in [1.29, 1.82) is 0 Å². The molecule has 21 heavy (non-hydrogen) atoms. The van der Waals surface area contributed by atoms with Crippen molar-refractivity contribution in [3.63, 3.8) is 0 Å². The van der Waals surface area contributed by atoms with Gasteiger partial charge in [-0.2, -0.15) is 0 Å². The number of rotatable bonds is 5. The second-order valence-corrected chi connectivity index (χ2v) is 6.57. The number of carbonyl (C=O) groups excluding carboxylic acids is 1. The molecule has 0 spiro atoms. The molecule has 0 N–H and O–H groups in total. The number of thiophene rings is 1. The van der Waals surface area contributed by atoms with Crippen LogP contribution in [-0.4, -0.2) is 24.1 Å². The molecule has 0 atom stereocenters. The Morgan fingerprint density at radius 2 is 2.14 bits per heavy atom. The van der Waals surface area contributed by atoms with Gasteiger partial charge in [0, 0.05) is 23.0 Å². The maximum absolute atomic E-state index is 12.2. The molecule has 2 heterocycles. The van der Waals surface area contributed by atoms with Gasteiger partial charge < -0.3 is 9.64 Å². The summed E-state index contributed by atoms with van der Waals surface area (Å²) in [5, 5.41) is 0. The molecular formula is C16H20N2O2S. The van der Waals surface area contributed by atoms with Crippen LogP contribution in [0.5, 0.6) is 0 Å². The Hall–Kier alpha value is -1.88. The molecule has 2 aromatic rings. The largest absolute Gasteiger partial charge is 0.459 e. The molecule has 0 aliphatic carbocycles. The summed E-state index contributed by atoms with van der Waals surface area (Å²) in [4.78, 5) is 21.0. The number of carbonyl (C=O) groups is 1. The van der Waals surface area contributed by atoms with E-state index in [1.54, 1.807) is 29.7 Å². The van der Waals surface area contributed by atoms with E-state index in [0.29, 0.717) is 11.4 Å². The Morgan fingerprint density at radius 1 is 1.38 bits per heavy atom. The van der Waals surface area contributed by atoms with Gasteiger partial charge in [-0.15, -0.1) is 11.3 Å². The highest BCUT2D eigenvalue weighted by Crippen LogP contribution is 2.22. The average molecular weight is 304 g/mol. The fourth-order valence-corrected chi connectivity index (χ4v) is 2.96. The van der Waals surface area contributed by atoms with E-state index in [2.05, 4.69) is 24.0 Å². The molecule has 0 radical (unpaired) electrons. The molecule has 2 aromatic heterocycles. The lowest BCUT2D eigenvalue weighted by Gasteiger charge is -2.20. The molecule has 0 amide bonds. The third-order valence-corrected chi connectivity index (χ3v) is 3.89. The fraction of sp³-hybridized carbons (Fsp3) is 0.375. The summed E-state index contributed by atoms with van der Waals surface area (Å²) in [5.41, 5.74) is 0.502. The number of aromatic nitrogens is 1. The topological polar surface area (TPSA) is 42.4 Å². The van der Waals surface area contributed by atoms with Gasteiger partial charge in [0.05, 0.1) is 12.6 Å². The first-order valence-corrected chi connectivity index (χ1v) is 7.71. The summed E-state index contributed by atoms with van der Waals surface area (Å²) in [7, 11) is 1.93. The van der Waals surface area contributed by atoms with Crippen LogP contribution in [0, 0.1) is 6.92 Å². The van der Waals surface area contributed by atoms with Crippen LogP contribution in [-0.2, 0) is 11.3 Å². The molecule has 0 aliphatic heterocycles. The van der Waals surface area contributed by atoms with Crippen LogP contribution in [0.3, 0.4) is 0 Å². The SMILES string of the molecule is Cc1ccc(CN(C)c2ncccc2C(=O)OC(C)C)s1. The standard InChI is InChI=1S/C16H20N2O2S/c1-11(2)20-16(19)14-6-5-9-17-15(14)18(4)10-13-8-7-12(3)21-13/h5-9,11H,10H2,1-4H3. The zero-order valence-corrected chi connectivity index (χ0v) is 13.6. The highest BCUT2D eigenvalue weighted by molar-refractivity contribution is 7.11. The average Bonchev–Trinajstić information content (AvgIpc) is 2.83. The minimum Gasteiger partial charge on any atom is -0.459 e. The molecule has 5 heteroatoms. The minimum absolute atomic E-state index is 0.143. The van der Waals surface area contributed by atoms with Gasteiger partial charge in [0.1, 0.15) is 11.4 Å². The van der Waals surface area contributed by atoms with Crippen LogP contribution in [0.15, 0.2) is 30.5 Å². The van der Waals surface area contributed by atoms with Gasteiger partial charge in [0.25, 0.3) is 0 Å².